The number of halogens is 1. The third-order valence-corrected chi connectivity index (χ3v) is 7.20. The predicted molar refractivity (Wildman–Crippen MR) is 143 cm³/mol. The van der Waals surface area contributed by atoms with Crippen LogP contribution in [-0.4, -0.2) is 31.2 Å². The van der Waals surface area contributed by atoms with Gasteiger partial charge in [-0.1, -0.05) is 78.4 Å². The topological polar surface area (TPSA) is 3.24 Å². The Morgan fingerprint density at radius 3 is 2.44 bits per heavy atom. The first kappa shape index (κ1) is 22.8. The zero-order valence-electron chi connectivity index (χ0n) is 20.4. The van der Waals surface area contributed by atoms with Crippen molar-refractivity contribution in [3.8, 4) is 0 Å². The first-order chi connectivity index (χ1) is 16.6. The highest BCUT2D eigenvalue weighted by molar-refractivity contribution is 6.00. The van der Waals surface area contributed by atoms with Crippen LogP contribution in [-0.2, 0) is 6.42 Å². The average Bonchev–Trinajstić information content (AvgIpc) is 3.00. The fraction of sp³-hybridized carbons (Fsp3) is 0.312. The standard InChI is InChI=1S/C32H34FN/c1-23-11-16-29(24(2)19-23)31-10-5-8-27-7-3-4-9-30(27)32(31)28-14-12-25(13-15-28)20-26-21-34(22-26)18-6-17-33/h3-4,7,9,11-16,19-20H,5-6,8,10,17-18,21-22H2,1-2H3. The maximum Gasteiger partial charge on any atom is 0.0906 e. The van der Waals surface area contributed by atoms with Crippen molar-refractivity contribution in [2.45, 2.75) is 39.5 Å². The van der Waals surface area contributed by atoms with Gasteiger partial charge in [0.05, 0.1) is 6.67 Å². The molecule has 1 aliphatic carbocycles. The van der Waals surface area contributed by atoms with Crippen molar-refractivity contribution >= 4 is 17.2 Å². The van der Waals surface area contributed by atoms with E-state index in [4.69, 9.17) is 0 Å². The van der Waals surface area contributed by atoms with Crippen molar-refractivity contribution < 1.29 is 4.39 Å². The van der Waals surface area contributed by atoms with Crippen LogP contribution < -0.4 is 0 Å². The molecule has 0 unspecified atom stereocenters. The summed E-state index contributed by atoms with van der Waals surface area (Å²) in [6, 6.07) is 24.9. The summed E-state index contributed by atoms with van der Waals surface area (Å²) in [7, 11) is 0. The maximum absolute atomic E-state index is 12.4. The van der Waals surface area contributed by atoms with E-state index in [9.17, 15) is 4.39 Å². The molecule has 0 bridgehead atoms. The van der Waals surface area contributed by atoms with E-state index in [-0.39, 0.29) is 6.67 Å². The van der Waals surface area contributed by atoms with Gasteiger partial charge in [0.25, 0.3) is 0 Å². The summed E-state index contributed by atoms with van der Waals surface area (Å²) in [5.41, 5.74) is 13.7. The van der Waals surface area contributed by atoms with Crippen molar-refractivity contribution in [2.75, 3.05) is 26.3 Å². The van der Waals surface area contributed by atoms with E-state index in [0.717, 1.165) is 32.5 Å². The first-order valence-corrected chi connectivity index (χ1v) is 12.6. The molecule has 1 fully saturated rings. The summed E-state index contributed by atoms with van der Waals surface area (Å²) >= 11 is 0. The number of benzene rings is 3. The third-order valence-electron chi connectivity index (χ3n) is 7.20. The number of aryl methyl sites for hydroxylation is 3. The number of hydrogen-bond donors (Lipinski definition) is 0. The van der Waals surface area contributed by atoms with E-state index in [1.54, 1.807) is 0 Å². The van der Waals surface area contributed by atoms with Gasteiger partial charge in [-0.2, -0.15) is 0 Å². The Bertz CT molecular complexity index is 1220. The number of fused-ring (bicyclic) bond motifs is 1. The van der Waals surface area contributed by atoms with Crippen LogP contribution >= 0.6 is 0 Å². The molecule has 0 spiro atoms. The molecule has 0 radical (unpaired) electrons. The molecule has 0 amide bonds. The lowest BCUT2D eigenvalue weighted by molar-refractivity contribution is 0.239. The van der Waals surface area contributed by atoms with Crippen LogP contribution in [0, 0.1) is 13.8 Å². The number of nitrogens with zero attached hydrogens (tertiary/aromatic N) is 1. The molecule has 0 N–H and O–H groups in total. The Morgan fingerprint density at radius 1 is 0.882 bits per heavy atom. The summed E-state index contributed by atoms with van der Waals surface area (Å²) in [6.07, 6.45) is 6.33. The maximum atomic E-state index is 12.4. The summed E-state index contributed by atoms with van der Waals surface area (Å²) in [6.45, 7) is 6.99. The average molecular weight is 452 g/mol. The van der Waals surface area contributed by atoms with E-state index < -0.39 is 0 Å². The molecule has 3 aromatic carbocycles. The third kappa shape index (κ3) is 4.79. The van der Waals surface area contributed by atoms with Gasteiger partial charge in [-0.3, -0.25) is 9.29 Å². The monoisotopic (exact) mass is 451 g/mol. The van der Waals surface area contributed by atoms with Gasteiger partial charge >= 0.3 is 0 Å². The Hall–Kier alpha value is -2.97. The number of alkyl halides is 1. The van der Waals surface area contributed by atoms with Gasteiger partial charge in [-0.15, -0.1) is 0 Å². The van der Waals surface area contributed by atoms with Crippen LogP contribution in [0.15, 0.2) is 72.3 Å². The summed E-state index contributed by atoms with van der Waals surface area (Å²) < 4.78 is 12.4. The highest BCUT2D eigenvalue weighted by Gasteiger charge is 2.21. The van der Waals surface area contributed by atoms with E-state index >= 15 is 0 Å². The summed E-state index contributed by atoms with van der Waals surface area (Å²) in [5.74, 6) is 0. The number of hydrogen-bond acceptors (Lipinski definition) is 1. The van der Waals surface area contributed by atoms with E-state index in [1.165, 1.54) is 62.1 Å². The van der Waals surface area contributed by atoms with Crippen molar-refractivity contribution in [1.29, 1.82) is 0 Å². The second-order valence-electron chi connectivity index (χ2n) is 9.86. The van der Waals surface area contributed by atoms with Crippen molar-refractivity contribution in [1.82, 2.24) is 4.90 Å². The van der Waals surface area contributed by atoms with Crippen molar-refractivity contribution in [3.05, 3.63) is 111 Å². The molecule has 0 saturated carbocycles. The van der Waals surface area contributed by atoms with Crippen molar-refractivity contribution in [3.63, 3.8) is 0 Å². The van der Waals surface area contributed by atoms with Gasteiger partial charge < -0.3 is 0 Å². The molecular formula is C32H34FN. The molecule has 3 aromatic rings. The Labute approximate surface area is 203 Å². The fourth-order valence-electron chi connectivity index (χ4n) is 5.52. The van der Waals surface area contributed by atoms with Crippen LogP contribution in [0.3, 0.4) is 0 Å². The van der Waals surface area contributed by atoms with Crippen LogP contribution in [0.25, 0.3) is 17.2 Å². The number of allylic oxidation sites excluding steroid dienone is 1. The highest BCUT2D eigenvalue weighted by Crippen LogP contribution is 2.40. The molecule has 5 rings (SSSR count). The van der Waals surface area contributed by atoms with Crippen LogP contribution in [0.4, 0.5) is 4.39 Å². The molecule has 2 heteroatoms. The zero-order valence-corrected chi connectivity index (χ0v) is 20.4. The lowest BCUT2D eigenvalue weighted by atomic mass is 9.86. The molecule has 1 nitrogen and oxygen atoms in total. The van der Waals surface area contributed by atoms with Gasteiger partial charge in [0, 0.05) is 19.6 Å². The van der Waals surface area contributed by atoms with Gasteiger partial charge in [0.15, 0.2) is 0 Å². The van der Waals surface area contributed by atoms with Gasteiger partial charge in [0.2, 0.25) is 0 Å². The molecule has 1 saturated heterocycles. The quantitative estimate of drug-likeness (QED) is 0.372. The molecule has 2 aliphatic rings. The summed E-state index contributed by atoms with van der Waals surface area (Å²) in [4.78, 5) is 2.31. The van der Waals surface area contributed by atoms with E-state index in [2.05, 4.69) is 91.6 Å². The van der Waals surface area contributed by atoms with E-state index in [0.29, 0.717) is 6.42 Å². The Balaban J connectivity index is 1.52. The minimum absolute atomic E-state index is 0.222. The second kappa shape index (κ2) is 10.1. The second-order valence-corrected chi connectivity index (χ2v) is 9.86. The van der Waals surface area contributed by atoms with Gasteiger partial charge in [0.1, 0.15) is 0 Å². The SMILES string of the molecule is Cc1ccc(C2=C(c3ccc(C=C4CN(CCCF)C4)cc3)c3ccccc3CCC2)c(C)c1. The van der Waals surface area contributed by atoms with Crippen LogP contribution in [0.2, 0.25) is 0 Å². The normalized spacial score (nSPS) is 16.1. The van der Waals surface area contributed by atoms with Crippen molar-refractivity contribution in [2.24, 2.45) is 0 Å². The molecule has 0 aromatic heterocycles. The fourth-order valence-corrected chi connectivity index (χ4v) is 5.52. The highest BCUT2D eigenvalue weighted by atomic mass is 19.1. The van der Waals surface area contributed by atoms with Crippen LogP contribution in [0.1, 0.15) is 58.2 Å². The smallest absolute Gasteiger partial charge is 0.0906 e. The van der Waals surface area contributed by atoms with E-state index in [1.807, 2.05) is 0 Å². The van der Waals surface area contributed by atoms with Gasteiger partial charge in [-0.25, -0.2) is 0 Å². The Kier molecular flexibility index (Phi) is 6.78. The largest absolute Gasteiger partial charge is 0.295 e. The van der Waals surface area contributed by atoms with Crippen LogP contribution in [0.5, 0.6) is 0 Å². The predicted octanol–water partition coefficient (Wildman–Crippen LogP) is 7.66. The molecular weight excluding hydrogens is 417 g/mol. The molecule has 34 heavy (non-hydrogen) atoms. The molecule has 1 heterocycles. The minimum atomic E-state index is -0.222. The molecule has 0 atom stereocenters. The van der Waals surface area contributed by atoms with Gasteiger partial charge in [-0.05, 0) is 89.6 Å². The lowest BCUT2D eigenvalue weighted by Crippen LogP contribution is -2.40. The molecule has 1 aliphatic heterocycles. The Morgan fingerprint density at radius 2 is 1.68 bits per heavy atom. The number of rotatable bonds is 6. The minimum Gasteiger partial charge on any atom is -0.295 e. The molecule has 174 valence electrons. The lowest BCUT2D eigenvalue weighted by Gasteiger charge is -2.33. The number of likely N-dealkylation sites (tertiary alicyclic amines) is 1. The zero-order chi connectivity index (χ0) is 23.5. The first-order valence-electron chi connectivity index (χ1n) is 12.6. The summed E-state index contributed by atoms with van der Waals surface area (Å²) in [5, 5.41) is 0.